The van der Waals surface area contributed by atoms with Gasteiger partial charge >= 0.3 is 0 Å². The number of hydrogen-bond acceptors (Lipinski definition) is 3. The van der Waals surface area contributed by atoms with Gasteiger partial charge in [-0.25, -0.2) is 0 Å². The van der Waals surface area contributed by atoms with E-state index in [-0.39, 0.29) is 0 Å². The molecule has 0 unspecified atom stereocenters. The smallest absolute Gasteiger partial charge is 0.203 e. The second-order valence-corrected chi connectivity index (χ2v) is 6.77. The molecular weight excluding hydrogens is 324 g/mol. The van der Waals surface area contributed by atoms with Gasteiger partial charge in [0.15, 0.2) is 11.5 Å². The average Bonchev–Trinajstić information content (AvgIpc) is 2.82. The van der Waals surface area contributed by atoms with Crippen molar-refractivity contribution in [3.63, 3.8) is 0 Å². The van der Waals surface area contributed by atoms with Gasteiger partial charge in [0, 0.05) is 5.22 Å². The molecule has 0 radical (unpaired) electrons. The molecule has 2 aliphatic rings. The lowest BCUT2D eigenvalue weighted by Crippen LogP contribution is -2.30. The molecule has 26 heavy (non-hydrogen) atoms. The van der Waals surface area contributed by atoms with Crippen molar-refractivity contribution in [2.45, 2.75) is 27.7 Å². The lowest BCUT2D eigenvalue weighted by Gasteiger charge is -2.18. The van der Waals surface area contributed by atoms with Crippen molar-refractivity contribution >= 4 is 11.6 Å². The van der Waals surface area contributed by atoms with Crippen LogP contribution in [-0.4, -0.2) is 21.3 Å². The van der Waals surface area contributed by atoms with E-state index in [2.05, 4.69) is 52.0 Å². The second kappa shape index (κ2) is 6.91. The number of hydrogen-bond donors (Lipinski definition) is 0. The van der Waals surface area contributed by atoms with Crippen LogP contribution >= 0.6 is 0 Å². The van der Waals surface area contributed by atoms with Crippen LogP contribution in [0.25, 0.3) is 11.6 Å². The molecular formula is C23H26O3. The molecule has 0 aromatic heterocycles. The third kappa shape index (κ3) is 2.78. The minimum atomic E-state index is 0.618. The van der Waals surface area contributed by atoms with Crippen LogP contribution < -0.4 is 24.6 Å². The van der Waals surface area contributed by atoms with Crippen LogP contribution in [0.5, 0.6) is 17.2 Å². The van der Waals surface area contributed by atoms with E-state index in [0.717, 1.165) is 10.4 Å². The lowest BCUT2D eigenvalue weighted by atomic mass is 9.89. The second-order valence-electron chi connectivity index (χ2n) is 6.77. The highest BCUT2D eigenvalue weighted by Gasteiger charge is 2.23. The molecule has 2 aliphatic carbocycles. The van der Waals surface area contributed by atoms with Gasteiger partial charge in [-0.2, -0.15) is 0 Å². The molecule has 0 N–H and O–H groups in total. The van der Waals surface area contributed by atoms with Gasteiger partial charge in [-0.1, -0.05) is 29.9 Å². The van der Waals surface area contributed by atoms with Crippen LogP contribution in [0.15, 0.2) is 52.2 Å². The van der Waals surface area contributed by atoms with Crippen molar-refractivity contribution in [1.29, 1.82) is 0 Å². The summed E-state index contributed by atoms with van der Waals surface area (Å²) in [5.41, 5.74) is 7.36. The van der Waals surface area contributed by atoms with Crippen LogP contribution in [0.4, 0.5) is 0 Å². The lowest BCUT2D eigenvalue weighted by molar-refractivity contribution is 0.322. The molecule has 3 rings (SSSR count). The zero-order chi connectivity index (χ0) is 19.0. The normalized spacial score (nSPS) is 16.3. The predicted octanol–water partition coefficient (Wildman–Crippen LogP) is 3.83. The van der Waals surface area contributed by atoms with Gasteiger partial charge in [-0.3, -0.25) is 0 Å². The first kappa shape index (κ1) is 18.1. The summed E-state index contributed by atoms with van der Waals surface area (Å²) in [7, 11) is 4.97. The van der Waals surface area contributed by atoms with Gasteiger partial charge in [0.1, 0.15) is 0 Å². The first-order valence-corrected chi connectivity index (χ1v) is 8.73. The molecule has 0 aliphatic heterocycles. The SMILES string of the molecule is COc1cc2c(c(OC)c1OC)=C1C(C)=CC(C)=CC(C)=C1C(C)=CC=2. The first-order valence-electron chi connectivity index (χ1n) is 8.73. The summed E-state index contributed by atoms with van der Waals surface area (Å²) in [4.78, 5) is 0. The van der Waals surface area contributed by atoms with Crippen LogP contribution in [0.1, 0.15) is 27.7 Å². The maximum atomic E-state index is 5.83. The Morgan fingerprint density at radius 1 is 0.692 bits per heavy atom. The molecule has 0 saturated heterocycles. The van der Waals surface area contributed by atoms with Crippen LogP contribution in [-0.2, 0) is 0 Å². The molecule has 1 aromatic rings. The Kier molecular flexibility index (Phi) is 4.82. The van der Waals surface area contributed by atoms with E-state index in [4.69, 9.17) is 14.2 Å². The molecule has 1 aromatic carbocycles. The maximum Gasteiger partial charge on any atom is 0.203 e. The zero-order valence-electron chi connectivity index (χ0n) is 16.6. The summed E-state index contributed by atoms with van der Waals surface area (Å²) in [5.74, 6) is 1.99. The molecule has 136 valence electrons. The Balaban J connectivity index is 2.64. The average molecular weight is 350 g/mol. The van der Waals surface area contributed by atoms with Crippen molar-refractivity contribution in [3.8, 4) is 17.2 Å². The fourth-order valence-corrected chi connectivity index (χ4v) is 3.96. The van der Waals surface area contributed by atoms with Crippen LogP contribution in [0.3, 0.4) is 0 Å². The van der Waals surface area contributed by atoms with Crippen molar-refractivity contribution in [1.82, 2.24) is 0 Å². The summed E-state index contributed by atoms with van der Waals surface area (Å²) in [6.07, 6.45) is 8.75. The Labute approximate surface area is 155 Å². The topological polar surface area (TPSA) is 27.7 Å². The van der Waals surface area contributed by atoms with Gasteiger partial charge in [0.05, 0.1) is 21.3 Å². The number of rotatable bonds is 3. The van der Waals surface area contributed by atoms with E-state index >= 15 is 0 Å². The fraction of sp³-hybridized carbons (Fsp3) is 0.304. The van der Waals surface area contributed by atoms with Gasteiger partial charge in [-0.05, 0) is 66.8 Å². The monoisotopic (exact) mass is 350 g/mol. The van der Waals surface area contributed by atoms with E-state index in [1.165, 1.54) is 33.4 Å². The summed E-state index contributed by atoms with van der Waals surface area (Å²) in [6, 6.07) is 2.02. The molecule has 0 fully saturated rings. The van der Waals surface area contributed by atoms with Crippen molar-refractivity contribution < 1.29 is 14.2 Å². The predicted molar refractivity (Wildman–Crippen MR) is 107 cm³/mol. The molecule has 3 nitrogen and oxygen atoms in total. The fourth-order valence-electron chi connectivity index (χ4n) is 3.96. The molecule has 0 heterocycles. The van der Waals surface area contributed by atoms with Gasteiger partial charge in [0.2, 0.25) is 5.75 Å². The zero-order valence-corrected chi connectivity index (χ0v) is 16.6. The van der Waals surface area contributed by atoms with Crippen molar-refractivity contribution in [2.24, 2.45) is 0 Å². The maximum absolute atomic E-state index is 5.83. The van der Waals surface area contributed by atoms with E-state index in [0.29, 0.717) is 17.2 Å². The number of ether oxygens (including phenoxy) is 3. The molecule has 0 atom stereocenters. The highest BCUT2D eigenvalue weighted by molar-refractivity contribution is 5.88. The van der Waals surface area contributed by atoms with E-state index in [9.17, 15) is 0 Å². The van der Waals surface area contributed by atoms with Crippen LogP contribution in [0.2, 0.25) is 0 Å². The summed E-state index contributed by atoms with van der Waals surface area (Å²) >= 11 is 0. The van der Waals surface area contributed by atoms with Crippen molar-refractivity contribution in [3.05, 3.63) is 62.6 Å². The van der Waals surface area contributed by atoms with Gasteiger partial charge in [0.25, 0.3) is 0 Å². The number of benzene rings is 1. The number of fused-ring (bicyclic) bond motifs is 2. The quantitative estimate of drug-likeness (QED) is 0.829. The Hall–Kier alpha value is -2.68. The Morgan fingerprint density at radius 3 is 2.00 bits per heavy atom. The van der Waals surface area contributed by atoms with Gasteiger partial charge in [-0.15, -0.1) is 0 Å². The first-order chi connectivity index (χ1) is 12.4. The number of allylic oxidation sites excluding steroid dienone is 8. The molecule has 0 amide bonds. The summed E-state index contributed by atoms with van der Waals surface area (Å²) in [6.45, 7) is 8.62. The highest BCUT2D eigenvalue weighted by atomic mass is 16.5. The van der Waals surface area contributed by atoms with E-state index in [1.807, 2.05) is 6.07 Å². The van der Waals surface area contributed by atoms with Gasteiger partial charge < -0.3 is 14.2 Å². The Bertz CT molecular complexity index is 1010. The minimum absolute atomic E-state index is 0.618. The summed E-state index contributed by atoms with van der Waals surface area (Å²) in [5, 5.41) is 2.11. The third-order valence-electron chi connectivity index (χ3n) is 4.94. The van der Waals surface area contributed by atoms with Crippen LogP contribution in [0, 0.1) is 0 Å². The highest BCUT2D eigenvalue weighted by Crippen LogP contribution is 2.38. The minimum Gasteiger partial charge on any atom is -0.493 e. The molecule has 0 spiro atoms. The Morgan fingerprint density at radius 2 is 1.38 bits per heavy atom. The third-order valence-corrected chi connectivity index (χ3v) is 4.94. The largest absolute Gasteiger partial charge is 0.493 e. The standard InChI is InChI=1S/C23H26O3/c1-13-10-15(3)19-14(2)8-9-17-12-18(24-5)22(25-6)23(26-7)21(17)20(19)16(4)11-13/h8-12H,1-7H3. The number of methoxy groups -OCH3 is 3. The molecule has 0 saturated carbocycles. The molecule has 3 heteroatoms. The van der Waals surface area contributed by atoms with Crippen molar-refractivity contribution in [2.75, 3.05) is 21.3 Å². The van der Waals surface area contributed by atoms with E-state index in [1.54, 1.807) is 21.3 Å². The van der Waals surface area contributed by atoms with E-state index < -0.39 is 0 Å². The summed E-state index contributed by atoms with van der Waals surface area (Å²) < 4.78 is 17.0. The molecule has 0 bridgehead atoms.